The highest BCUT2D eigenvalue weighted by molar-refractivity contribution is 5.72. The molecule has 0 atom stereocenters. The largest absolute Gasteiger partial charge is 0.467 e. The molecule has 6 rings (SSSR count). The van der Waals surface area contributed by atoms with Gasteiger partial charge in [0.15, 0.2) is 0 Å². The van der Waals surface area contributed by atoms with Crippen LogP contribution in [-0.2, 0) is 9.47 Å². The summed E-state index contributed by atoms with van der Waals surface area (Å²) in [4.78, 5) is 30.8. The molecule has 14 nitrogen and oxygen atoms in total. The minimum atomic E-state index is 0.260. The van der Waals surface area contributed by atoms with Gasteiger partial charge in [-0.1, -0.05) is 36.4 Å². The first-order valence-corrected chi connectivity index (χ1v) is 14.3. The van der Waals surface area contributed by atoms with E-state index < -0.39 is 0 Å². The fourth-order valence-electron chi connectivity index (χ4n) is 4.60. The van der Waals surface area contributed by atoms with Crippen LogP contribution in [0.15, 0.2) is 48.5 Å². The molecule has 2 saturated heterocycles. The Morgan fingerprint density at radius 3 is 1.32 bits per heavy atom. The van der Waals surface area contributed by atoms with E-state index in [9.17, 15) is 0 Å². The van der Waals surface area contributed by atoms with E-state index in [0.29, 0.717) is 50.2 Å². The smallest absolute Gasteiger partial charge is 0.322 e. The average molecular weight is 599 g/mol. The van der Waals surface area contributed by atoms with Gasteiger partial charge < -0.3 is 39.4 Å². The summed E-state index contributed by atoms with van der Waals surface area (Å²) in [6.07, 6.45) is 4.11. The number of hydrogen-bond donors (Lipinski definition) is 2. The van der Waals surface area contributed by atoms with Gasteiger partial charge >= 0.3 is 12.0 Å². The lowest BCUT2D eigenvalue weighted by atomic mass is 10.1. The average Bonchev–Trinajstić information content (AvgIpc) is 3.09. The Bertz CT molecular complexity index is 1440. The van der Waals surface area contributed by atoms with E-state index in [1.807, 2.05) is 48.5 Å². The molecule has 4 heterocycles. The van der Waals surface area contributed by atoms with E-state index >= 15 is 0 Å². The number of nitrogens with zero attached hydrogens (tertiary/aromatic N) is 8. The van der Waals surface area contributed by atoms with Gasteiger partial charge in [0.2, 0.25) is 23.8 Å². The molecule has 2 aromatic heterocycles. The van der Waals surface area contributed by atoms with Crippen molar-refractivity contribution in [2.24, 2.45) is 0 Å². The second-order valence-corrected chi connectivity index (χ2v) is 9.92. The van der Waals surface area contributed by atoms with Crippen molar-refractivity contribution < 1.29 is 18.9 Å². The monoisotopic (exact) mass is 598 g/mol. The highest BCUT2D eigenvalue weighted by atomic mass is 16.5. The molecule has 14 heteroatoms. The van der Waals surface area contributed by atoms with E-state index in [4.69, 9.17) is 18.9 Å². The Kier molecular flexibility index (Phi) is 9.18. The molecular weight excluding hydrogens is 564 g/mol. The van der Waals surface area contributed by atoms with Gasteiger partial charge in [0.1, 0.15) is 0 Å². The van der Waals surface area contributed by atoms with Gasteiger partial charge in [-0.25, -0.2) is 0 Å². The van der Waals surface area contributed by atoms with Crippen LogP contribution >= 0.6 is 0 Å². The van der Waals surface area contributed by atoms with Gasteiger partial charge in [-0.2, -0.15) is 29.9 Å². The molecule has 0 bridgehead atoms. The van der Waals surface area contributed by atoms with Crippen molar-refractivity contribution in [3.05, 3.63) is 59.7 Å². The van der Waals surface area contributed by atoms with Crippen LogP contribution in [0.2, 0.25) is 0 Å². The first-order chi connectivity index (χ1) is 21.6. The van der Waals surface area contributed by atoms with E-state index in [2.05, 4.69) is 62.5 Å². The van der Waals surface area contributed by atoms with Crippen molar-refractivity contribution in [1.29, 1.82) is 0 Å². The number of aromatic nitrogens is 6. The van der Waals surface area contributed by atoms with Crippen molar-refractivity contribution in [3.63, 3.8) is 0 Å². The van der Waals surface area contributed by atoms with Crippen molar-refractivity contribution in [2.75, 3.05) is 87.3 Å². The molecule has 0 unspecified atom stereocenters. The molecule has 2 aliphatic rings. The Balaban J connectivity index is 1.07. The zero-order chi connectivity index (χ0) is 30.1. The van der Waals surface area contributed by atoms with Crippen molar-refractivity contribution >= 4 is 47.3 Å². The summed E-state index contributed by atoms with van der Waals surface area (Å²) in [6.45, 7) is 5.43. The lowest BCUT2D eigenvalue weighted by molar-refractivity contribution is 0.122. The molecule has 2 fully saturated rings. The Morgan fingerprint density at radius 2 is 0.955 bits per heavy atom. The van der Waals surface area contributed by atoms with Crippen LogP contribution in [0.4, 0.5) is 35.2 Å². The van der Waals surface area contributed by atoms with Gasteiger partial charge in [-0.3, -0.25) is 0 Å². The molecular formula is C30H34N10O4. The normalized spacial score (nSPS) is 15.3. The van der Waals surface area contributed by atoms with Crippen LogP contribution in [0.1, 0.15) is 11.1 Å². The minimum Gasteiger partial charge on any atom is -0.467 e. The number of anilines is 6. The molecule has 0 radical (unpaired) electrons. The second-order valence-electron chi connectivity index (χ2n) is 9.92. The summed E-state index contributed by atoms with van der Waals surface area (Å²) < 4.78 is 21.5. The third-order valence-electron chi connectivity index (χ3n) is 6.96. The predicted octanol–water partition coefficient (Wildman–Crippen LogP) is 3.40. The molecule has 4 aromatic rings. The summed E-state index contributed by atoms with van der Waals surface area (Å²) in [5.41, 5.74) is 3.80. The van der Waals surface area contributed by atoms with Crippen LogP contribution in [-0.4, -0.2) is 96.7 Å². The molecule has 0 saturated carbocycles. The quantitative estimate of drug-likeness (QED) is 0.257. The number of rotatable bonds is 10. The summed E-state index contributed by atoms with van der Waals surface area (Å²) in [7, 11) is 3.09. The third-order valence-corrected chi connectivity index (χ3v) is 6.96. The van der Waals surface area contributed by atoms with Crippen LogP contribution in [0.5, 0.6) is 12.0 Å². The summed E-state index contributed by atoms with van der Waals surface area (Å²) in [5, 5.41) is 6.51. The Labute approximate surface area is 255 Å². The number of ether oxygens (including phenoxy) is 4. The van der Waals surface area contributed by atoms with Gasteiger partial charge in [0.25, 0.3) is 0 Å². The number of benzene rings is 2. The maximum atomic E-state index is 5.44. The number of morpholine rings is 2. The van der Waals surface area contributed by atoms with Crippen molar-refractivity contribution in [3.8, 4) is 12.0 Å². The number of methoxy groups -OCH3 is 2. The van der Waals surface area contributed by atoms with Gasteiger partial charge in [0.05, 0.1) is 40.6 Å². The Hall–Kier alpha value is -5.08. The molecule has 2 aromatic carbocycles. The zero-order valence-corrected chi connectivity index (χ0v) is 24.6. The SMILES string of the molecule is COc1nc(Nc2ccc(C=Cc3ccc(Nc4nc(OC)nc(N5CCOCC5)n4)cc3)cc2)nc(N2CCOCC2)n1. The lowest BCUT2D eigenvalue weighted by Crippen LogP contribution is -2.37. The zero-order valence-electron chi connectivity index (χ0n) is 24.6. The first-order valence-electron chi connectivity index (χ1n) is 14.3. The summed E-state index contributed by atoms with van der Waals surface area (Å²) in [5.74, 6) is 1.97. The molecule has 228 valence electrons. The van der Waals surface area contributed by atoms with Gasteiger partial charge in [0, 0.05) is 37.6 Å². The second kappa shape index (κ2) is 13.9. The minimum absolute atomic E-state index is 0.260. The maximum Gasteiger partial charge on any atom is 0.322 e. The standard InChI is InChI=1S/C30H34N10O4/c1-41-29-35-25(33-27(37-29)39-13-17-43-18-14-39)31-23-9-5-21(6-10-23)3-4-22-7-11-24(12-8-22)32-26-34-28(38-30(36-26)42-2)40-15-19-44-20-16-40/h3-12H,13-20H2,1-2H3,(H,31,33,35,37)(H,32,34,36,38). The maximum absolute atomic E-state index is 5.44. The molecule has 0 amide bonds. The highest BCUT2D eigenvalue weighted by Gasteiger charge is 2.18. The molecule has 0 aliphatic carbocycles. The first kappa shape index (κ1) is 29.0. The van der Waals surface area contributed by atoms with Crippen LogP contribution < -0.4 is 29.9 Å². The van der Waals surface area contributed by atoms with E-state index in [1.165, 1.54) is 0 Å². The fraction of sp³-hybridized carbons (Fsp3) is 0.333. The Morgan fingerprint density at radius 1 is 0.568 bits per heavy atom. The van der Waals surface area contributed by atoms with Gasteiger partial charge in [-0.05, 0) is 35.4 Å². The highest BCUT2D eigenvalue weighted by Crippen LogP contribution is 2.22. The number of nitrogens with one attached hydrogen (secondary N) is 2. The molecule has 44 heavy (non-hydrogen) atoms. The van der Waals surface area contributed by atoms with Crippen LogP contribution in [0, 0.1) is 0 Å². The van der Waals surface area contributed by atoms with Crippen molar-refractivity contribution in [2.45, 2.75) is 0 Å². The topological polar surface area (TPSA) is 145 Å². The lowest BCUT2D eigenvalue weighted by Gasteiger charge is -2.26. The van der Waals surface area contributed by atoms with E-state index in [0.717, 1.165) is 48.7 Å². The summed E-state index contributed by atoms with van der Waals surface area (Å²) in [6, 6.07) is 16.5. The number of hydrogen-bond acceptors (Lipinski definition) is 14. The van der Waals surface area contributed by atoms with E-state index in [1.54, 1.807) is 14.2 Å². The predicted molar refractivity (Wildman–Crippen MR) is 167 cm³/mol. The molecule has 0 spiro atoms. The molecule has 2 aliphatic heterocycles. The molecule has 2 N–H and O–H groups in total. The fourth-order valence-corrected chi connectivity index (χ4v) is 4.60. The van der Waals surface area contributed by atoms with Crippen molar-refractivity contribution in [1.82, 2.24) is 29.9 Å². The summed E-state index contributed by atoms with van der Waals surface area (Å²) >= 11 is 0. The third kappa shape index (κ3) is 7.46. The van der Waals surface area contributed by atoms with E-state index in [-0.39, 0.29) is 12.0 Å². The van der Waals surface area contributed by atoms with Crippen LogP contribution in [0.3, 0.4) is 0 Å². The van der Waals surface area contributed by atoms with Gasteiger partial charge in [-0.15, -0.1) is 0 Å². The van der Waals surface area contributed by atoms with Crippen LogP contribution in [0.25, 0.3) is 12.2 Å².